The van der Waals surface area contributed by atoms with Gasteiger partial charge in [-0.25, -0.2) is 0 Å². The van der Waals surface area contributed by atoms with Crippen LogP contribution in [0.5, 0.6) is 0 Å². The van der Waals surface area contributed by atoms with Gasteiger partial charge in [-0.2, -0.15) is 0 Å². The van der Waals surface area contributed by atoms with Gasteiger partial charge in [-0.1, -0.05) is 0 Å². The molecular weight excluding hydrogens is 180 g/mol. The highest BCUT2D eigenvalue weighted by atomic mass is 16.5. The van der Waals surface area contributed by atoms with Gasteiger partial charge in [0.15, 0.2) is 0 Å². The number of ether oxygens (including phenoxy) is 2. The van der Waals surface area contributed by atoms with Gasteiger partial charge >= 0.3 is 0 Å². The first-order valence-electron chi connectivity index (χ1n) is 5.24. The molecule has 1 aliphatic rings. The molecular formula is C10H22N2O2. The minimum absolute atomic E-state index is 0.195. The van der Waals surface area contributed by atoms with Crippen LogP contribution in [0.1, 0.15) is 6.92 Å². The fourth-order valence-electron chi connectivity index (χ4n) is 1.80. The summed E-state index contributed by atoms with van der Waals surface area (Å²) in [5.74, 6) is 0. The third-order valence-electron chi connectivity index (χ3n) is 2.76. The summed E-state index contributed by atoms with van der Waals surface area (Å²) >= 11 is 0. The minimum Gasteiger partial charge on any atom is -0.382 e. The highest BCUT2D eigenvalue weighted by molar-refractivity contribution is 4.78. The molecule has 0 aromatic heterocycles. The summed E-state index contributed by atoms with van der Waals surface area (Å²) in [6.45, 7) is 7.13. The van der Waals surface area contributed by atoms with Crippen LogP contribution in [0, 0.1) is 0 Å². The van der Waals surface area contributed by atoms with Crippen LogP contribution in [-0.4, -0.2) is 64.1 Å². The first-order valence-corrected chi connectivity index (χ1v) is 5.24. The van der Waals surface area contributed by atoms with Crippen LogP contribution in [0.25, 0.3) is 0 Å². The quantitative estimate of drug-likeness (QED) is 0.677. The van der Waals surface area contributed by atoms with Crippen LogP contribution in [-0.2, 0) is 9.47 Å². The lowest BCUT2D eigenvalue weighted by Gasteiger charge is -2.35. The Bertz CT molecular complexity index is 155. The van der Waals surface area contributed by atoms with Crippen molar-refractivity contribution in [1.82, 2.24) is 10.2 Å². The number of rotatable bonds is 5. The van der Waals surface area contributed by atoms with E-state index in [0.717, 1.165) is 26.2 Å². The monoisotopic (exact) mass is 202 g/mol. The summed E-state index contributed by atoms with van der Waals surface area (Å²) in [4.78, 5) is 2.45. The van der Waals surface area contributed by atoms with Crippen molar-refractivity contribution in [3.63, 3.8) is 0 Å². The second-order valence-electron chi connectivity index (χ2n) is 3.86. The van der Waals surface area contributed by atoms with Crippen molar-refractivity contribution in [3.05, 3.63) is 0 Å². The number of hydrogen-bond acceptors (Lipinski definition) is 4. The molecule has 2 atom stereocenters. The van der Waals surface area contributed by atoms with Crippen LogP contribution < -0.4 is 5.32 Å². The molecule has 2 unspecified atom stereocenters. The molecule has 0 aliphatic carbocycles. The molecule has 14 heavy (non-hydrogen) atoms. The Kier molecular flexibility index (Phi) is 5.40. The molecule has 4 heteroatoms. The molecule has 1 heterocycles. The molecule has 0 saturated carbocycles. The number of nitrogens with zero attached hydrogens (tertiary/aromatic N) is 1. The van der Waals surface area contributed by atoms with Crippen molar-refractivity contribution < 1.29 is 9.47 Å². The summed E-state index contributed by atoms with van der Waals surface area (Å²) in [5, 5.41) is 3.37. The Balaban J connectivity index is 2.31. The van der Waals surface area contributed by atoms with Crippen LogP contribution in [0.15, 0.2) is 0 Å². The van der Waals surface area contributed by atoms with E-state index in [1.54, 1.807) is 14.2 Å². The van der Waals surface area contributed by atoms with E-state index in [1.807, 2.05) is 0 Å². The average molecular weight is 202 g/mol. The Morgan fingerprint density at radius 1 is 1.50 bits per heavy atom. The molecule has 4 nitrogen and oxygen atoms in total. The molecule has 0 spiro atoms. The largest absolute Gasteiger partial charge is 0.382 e. The third kappa shape index (κ3) is 3.53. The Hall–Kier alpha value is -0.160. The van der Waals surface area contributed by atoms with E-state index in [1.165, 1.54) is 0 Å². The maximum atomic E-state index is 5.35. The molecule has 84 valence electrons. The summed E-state index contributed by atoms with van der Waals surface area (Å²) in [5.41, 5.74) is 0. The molecule has 1 N–H and O–H groups in total. The Morgan fingerprint density at radius 2 is 2.29 bits per heavy atom. The van der Waals surface area contributed by atoms with E-state index in [4.69, 9.17) is 9.47 Å². The van der Waals surface area contributed by atoms with Gasteiger partial charge in [0.25, 0.3) is 0 Å². The van der Waals surface area contributed by atoms with E-state index in [0.29, 0.717) is 12.6 Å². The zero-order valence-corrected chi connectivity index (χ0v) is 9.45. The minimum atomic E-state index is 0.195. The van der Waals surface area contributed by atoms with Gasteiger partial charge in [-0.3, -0.25) is 4.90 Å². The Morgan fingerprint density at radius 3 is 2.86 bits per heavy atom. The van der Waals surface area contributed by atoms with E-state index in [-0.39, 0.29) is 6.10 Å². The normalized spacial score (nSPS) is 26.4. The lowest BCUT2D eigenvalue weighted by molar-refractivity contribution is -0.00442. The molecule has 0 aromatic rings. The standard InChI is InChI=1S/C10H22N2O2/c1-9-6-11-4-5-12(9)7-10(14-3)8-13-2/h9-11H,4-8H2,1-3H3. The van der Waals surface area contributed by atoms with Gasteiger partial charge in [0, 0.05) is 46.4 Å². The number of methoxy groups -OCH3 is 2. The number of hydrogen-bond donors (Lipinski definition) is 1. The number of nitrogens with one attached hydrogen (secondary N) is 1. The van der Waals surface area contributed by atoms with Crippen LogP contribution in [0.3, 0.4) is 0 Å². The van der Waals surface area contributed by atoms with E-state index in [2.05, 4.69) is 17.1 Å². The Labute approximate surface area is 86.6 Å². The van der Waals surface area contributed by atoms with Gasteiger partial charge in [0.1, 0.15) is 0 Å². The van der Waals surface area contributed by atoms with Gasteiger partial charge < -0.3 is 14.8 Å². The molecule has 0 aromatic carbocycles. The predicted molar refractivity (Wildman–Crippen MR) is 56.6 cm³/mol. The second kappa shape index (κ2) is 6.35. The third-order valence-corrected chi connectivity index (χ3v) is 2.76. The van der Waals surface area contributed by atoms with Crippen LogP contribution in [0.2, 0.25) is 0 Å². The van der Waals surface area contributed by atoms with E-state index >= 15 is 0 Å². The number of piperazine rings is 1. The molecule has 1 saturated heterocycles. The van der Waals surface area contributed by atoms with Gasteiger partial charge in [0.05, 0.1) is 12.7 Å². The van der Waals surface area contributed by atoms with Crippen molar-refractivity contribution in [2.75, 3.05) is 47.0 Å². The second-order valence-corrected chi connectivity index (χ2v) is 3.86. The maximum Gasteiger partial charge on any atom is 0.0931 e. The molecule has 1 aliphatic heterocycles. The van der Waals surface area contributed by atoms with Crippen molar-refractivity contribution in [1.29, 1.82) is 0 Å². The van der Waals surface area contributed by atoms with Crippen molar-refractivity contribution in [2.45, 2.75) is 19.1 Å². The van der Waals surface area contributed by atoms with Gasteiger partial charge in [0.2, 0.25) is 0 Å². The zero-order valence-electron chi connectivity index (χ0n) is 9.45. The van der Waals surface area contributed by atoms with E-state index < -0.39 is 0 Å². The summed E-state index contributed by atoms with van der Waals surface area (Å²) in [6, 6.07) is 0.596. The average Bonchev–Trinajstić information content (AvgIpc) is 2.20. The molecule has 1 rings (SSSR count). The van der Waals surface area contributed by atoms with Gasteiger partial charge in [-0.15, -0.1) is 0 Å². The predicted octanol–water partition coefficient (Wildman–Crippen LogP) is -0.0585. The first kappa shape index (κ1) is 11.9. The van der Waals surface area contributed by atoms with Crippen molar-refractivity contribution >= 4 is 0 Å². The fraction of sp³-hybridized carbons (Fsp3) is 1.00. The first-order chi connectivity index (χ1) is 6.77. The summed E-state index contributed by atoms with van der Waals surface area (Å²) in [6.07, 6.45) is 0.195. The maximum absolute atomic E-state index is 5.35. The van der Waals surface area contributed by atoms with Crippen LogP contribution in [0.4, 0.5) is 0 Å². The van der Waals surface area contributed by atoms with Crippen molar-refractivity contribution in [2.24, 2.45) is 0 Å². The molecule has 0 amide bonds. The van der Waals surface area contributed by atoms with Crippen molar-refractivity contribution in [3.8, 4) is 0 Å². The lowest BCUT2D eigenvalue weighted by atomic mass is 10.2. The van der Waals surface area contributed by atoms with Gasteiger partial charge in [-0.05, 0) is 6.92 Å². The smallest absolute Gasteiger partial charge is 0.0931 e. The fourth-order valence-corrected chi connectivity index (χ4v) is 1.80. The summed E-state index contributed by atoms with van der Waals surface area (Å²) < 4.78 is 10.5. The SMILES string of the molecule is COCC(CN1CCNCC1C)OC. The molecule has 0 bridgehead atoms. The molecule has 0 radical (unpaired) electrons. The summed E-state index contributed by atoms with van der Waals surface area (Å²) in [7, 11) is 3.46. The topological polar surface area (TPSA) is 33.7 Å². The zero-order chi connectivity index (χ0) is 10.4. The molecule has 1 fully saturated rings. The van der Waals surface area contributed by atoms with Crippen LogP contribution >= 0.6 is 0 Å². The highest BCUT2D eigenvalue weighted by Crippen LogP contribution is 2.05. The van der Waals surface area contributed by atoms with E-state index in [9.17, 15) is 0 Å². The lowest BCUT2D eigenvalue weighted by Crippen LogP contribution is -2.52. The highest BCUT2D eigenvalue weighted by Gasteiger charge is 2.21.